The Morgan fingerprint density at radius 1 is 1.19 bits per heavy atom. The van der Waals surface area contributed by atoms with E-state index in [1.807, 2.05) is 0 Å². The number of non-ortho nitro benzene ring substituents is 1. The van der Waals surface area contributed by atoms with Gasteiger partial charge in [0, 0.05) is 17.7 Å². The lowest BCUT2D eigenvalue weighted by molar-refractivity contribution is -0.394. The monoisotopic (exact) mass is 293 g/mol. The van der Waals surface area contributed by atoms with Crippen molar-refractivity contribution in [3.8, 4) is 0 Å². The molecule has 2 rings (SSSR count). The van der Waals surface area contributed by atoms with Gasteiger partial charge in [0.1, 0.15) is 0 Å². The number of carbonyl (C=O) groups is 1. The highest BCUT2D eigenvalue weighted by atomic mass is 16.6. The fourth-order valence-electron chi connectivity index (χ4n) is 2.55. The van der Waals surface area contributed by atoms with Crippen LogP contribution in [-0.4, -0.2) is 21.8 Å². The molecular formula is C13H15N3O5. The summed E-state index contributed by atoms with van der Waals surface area (Å²) in [6.07, 6.45) is 3.78. The highest BCUT2D eigenvalue weighted by Crippen LogP contribution is 2.28. The molecule has 1 aromatic rings. The van der Waals surface area contributed by atoms with Crippen molar-refractivity contribution in [2.24, 2.45) is 0 Å². The molecule has 0 saturated heterocycles. The first-order chi connectivity index (χ1) is 9.90. The predicted octanol–water partition coefficient (Wildman–Crippen LogP) is 2.48. The summed E-state index contributed by atoms with van der Waals surface area (Å²) in [5.41, 5.74) is -0.742. The molecule has 0 unspecified atom stereocenters. The first-order valence-corrected chi connectivity index (χ1v) is 6.64. The molecule has 21 heavy (non-hydrogen) atoms. The summed E-state index contributed by atoms with van der Waals surface area (Å²) in [4.78, 5) is 32.6. The molecule has 8 heteroatoms. The highest BCUT2D eigenvalue weighted by molar-refractivity contribution is 5.97. The Hall–Kier alpha value is -2.51. The summed E-state index contributed by atoms with van der Waals surface area (Å²) in [7, 11) is 0. The van der Waals surface area contributed by atoms with Crippen molar-refractivity contribution in [2.45, 2.75) is 38.6 Å². The Kier molecular flexibility index (Phi) is 4.15. The molecule has 1 aromatic carbocycles. The van der Waals surface area contributed by atoms with E-state index in [9.17, 15) is 25.0 Å². The zero-order chi connectivity index (χ0) is 15.6. The second-order valence-electron chi connectivity index (χ2n) is 5.11. The fourth-order valence-corrected chi connectivity index (χ4v) is 2.55. The second-order valence-corrected chi connectivity index (χ2v) is 5.11. The molecule has 1 fully saturated rings. The summed E-state index contributed by atoms with van der Waals surface area (Å²) in [6.45, 7) is 1.42. The van der Waals surface area contributed by atoms with Gasteiger partial charge in [-0.15, -0.1) is 0 Å². The Morgan fingerprint density at radius 2 is 1.81 bits per heavy atom. The zero-order valence-corrected chi connectivity index (χ0v) is 11.5. The number of nitrogens with one attached hydrogen (secondary N) is 1. The van der Waals surface area contributed by atoms with E-state index in [2.05, 4.69) is 5.32 Å². The van der Waals surface area contributed by atoms with E-state index >= 15 is 0 Å². The van der Waals surface area contributed by atoms with Crippen LogP contribution in [0.1, 0.15) is 41.6 Å². The van der Waals surface area contributed by atoms with Gasteiger partial charge in [-0.1, -0.05) is 12.8 Å². The van der Waals surface area contributed by atoms with Crippen molar-refractivity contribution in [1.29, 1.82) is 0 Å². The van der Waals surface area contributed by atoms with Crippen molar-refractivity contribution in [2.75, 3.05) is 0 Å². The van der Waals surface area contributed by atoms with E-state index in [0.29, 0.717) is 0 Å². The zero-order valence-electron chi connectivity index (χ0n) is 11.5. The van der Waals surface area contributed by atoms with E-state index in [1.165, 1.54) is 6.92 Å². The maximum atomic E-state index is 12.2. The maximum absolute atomic E-state index is 12.2. The van der Waals surface area contributed by atoms with E-state index < -0.39 is 27.1 Å². The lowest BCUT2D eigenvalue weighted by Gasteiger charge is -2.13. The van der Waals surface area contributed by atoms with Gasteiger partial charge in [0.15, 0.2) is 0 Å². The standard InChI is InChI=1S/C13H15N3O5/c1-8-11(13(17)14-9-4-2-3-5-9)6-10(15(18)19)7-12(8)16(20)21/h6-7,9H,2-5H2,1H3,(H,14,17). The van der Waals surface area contributed by atoms with Crippen molar-refractivity contribution in [3.63, 3.8) is 0 Å². The Morgan fingerprint density at radius 3 is 2.33 bits per heavy atom. The van der Waals surface area contributed by atoms with Crippen LogP contribution in [0.25, 0.3) is 0 Å². The van der Waals surface area contributed by atoms with Crippen LogP contribution >= 0.6 is 0 Å². The Bertz CT molecular complexity index is 608. The number of hydrogen-bond acceptors (Lipinski definition) is 5. The number of rotatable bonds is 4. The van der Waals surface area contributed by atoms with Gasteiger partial charge in [-0.05, 0) is 19.8 Å². The minimum absolute atomic E-state index is 0.0113. The fraction of sp³-hybridized carbons (Fsp3) is 0.462. The topological polar surface area (TPSA) is 115 Å². The number of benzene rings is 1. The average molecular weight is 293 g/mol. The van der Waals surface area contributed by atoms with Crippen molar-refractivity contribution in [3.05, 3.63) is 43.5 Å². The van der Waals surface area contributed by atoms with Crippen LogP contribution in [0.2, 0.25) is 0 Å². The first kappa shape index (κ1) is 14.9. The van der Waals surface area contributed by atoms with Crippen LogP contribution in [0, 0.1) is 27.2 Å². The molecule has 0 spiro atoms. The van der Waals surface area contributed by atoms with Gasteiger partial charge in [0.2, 0.25) is 0 Å². The predicted molar refractivity (Wildman–Crippen MR) is 74.2 cm³/mol. The molecule has 1 aliphatic carbocycles. The summed E-state index contributed by atoms with van der Waals surface area (Å²) < 4.78 is 0. The van der Waals surface area contributed by atoms with Crippen LogP contribution in [0.5, 0.6) is 0 Å². The molecule has 8 nitrogen and oxygen atoms in total. The Labute approximate surface area is 120 Å². The minimum Gasteiger partial charge on any atom is -0.349 e. The van der Waals surface area contributed by atoms with E-state index in [0.717, 1.165) is 37.8 Å². The largest absolute Gasteiger partial charge is 0.349 e. The molecule has 112 valence electrons. The van der Waals surface area contributed by atoms with Crippen LogP contribution in [0.3, 0.4) is 0 Å². The molecule has 0 aliphatic heterocycles. The van der Waals surface area contributed by atoms with Gasteiger partial charge in [0.25, 0.3) is 17.3 Å². The third-order valence-electron chi connectivity index (χ3n) is 3.71. The van der Waals surface area contributed by atoms with Gasteiger partial charge in [0.05, 0.1) is 21.5 Å². The molecule has 1 amide bonds. The third-order valence-corrected chi connectivity index (χ3v) is 3.71. The first-order valence-electron chi connectivity index (χ1n) is 6.64. The normalized spacial score (nSPS) is 14.9. The van der Waals surface area contributed by atoms with Gasteiger partial charge in [-0.25, -0.2) is 0 Å². The second kappa shape index (κ2) is 5.86. The SMILES string of the molecule is Cc1c(C(=O)NC2CCCC2)cc([N+](=O)[O-])cc1[N+](=O)[O-]. The van der Waals surface area contributed by atoms with Crippen molar-refractivity contribution < 1.29 is 14.6 Å². The van der Waals surface area contributed by atoms with Gasteiger partial charge < -0.3 is 5.32 Å². The Balaban J connectivity index is 2.38. The number of carbonyl (C=O) groups excluding carboxylic acids is 1. The summed E-state index contributed by atoms with van der Waals surface area (Å²) in [6, 6.07) is 2.00. The maximum Gasteiger partial charge on any atom is 0.279 e. The summed E-state index contributed by atoms with van der Waals surface area (Å²) >= 11 is 0. The average Bonchev–Trinajstić information content (AvgIpc) is 2.90. The molecule has 0 aromatic heterocycles. The molecule has 0 atom stereocenters. The molecule has 1 saturated carbocycles. The van der Waals surface area contributed by atoms with E-state index in [4.69, 9.17) is 0 Å². The van der Waals surface area contributed by atoms with Crippen LogP contribution < -0.4 is 5.32 Å². The van der Waals surface area contributed by atoms with Crippen LogP contribution in [0.4, 0.5) is 11.4 Å². The highest BCUT2D eigenvalue weighted by Gasteiger charge is 2.26. The summed E-state index contributed by atoms with van der Waals surface area (Å²) in [5.74, 6) is -0.494. The van der Waals surface area contributed by atoms with Crippen molar-refractivity contribution in [1.82, 2.24) is 5.32 Å². The smallest absolute Gasteiger partial charge is 0.279 e. The lowest BCUT2D eigenvalue weighted by Crippen LogP contribution is -2.33. The quantitative estimate of drug-likeness (QED) is 0.676. The number of nitrogens with zero attached hydrogens (tertiary/aromatic N) is 2. The molecule has 0 radical (unpaired) electrons. The number of nitro benzene ring substituents is 2. The van der Waals surface area contributed by atoms with Gasteiger partial charge >= 0.3 is 0 Å². The van der Waals surface area contributed by atoms with Gasteiger partial charge in [-0.3, -0.25) is 25.0 Å². The van der Waals surface area contributed by atoms with E-state index in [1.54, 1.807) is 0 Å². The van der Waals surface area contributed by atoms with Crippen molar-refractivity contribution >= 4 is 17.3 Å². The van der Waals surface area contributed by atoms with Crippen LogP contribution in [-0.2, 0) is 0 Å². The lowest BCUT2D eigenvalue weighted by atomic mass is 10.0. The number of hydrogen-bond donors (Lipinski definition) is 1. The molecule has 0 heterocycles. The minimum atomic E-state index is -0.737. The number of amides is 1. The molecule has 0 bridgehead atoms. The summed E-state index contributed by atoms with van der Waals surface area (Å²) in [5, 5.41) is 24.6. The van der Waals surface area contributed by atoms with E-state index in [-0.39, 0.29) is 17.2 Å². The van der Waals surface area contributed by atoms with Gasteiger partial charge in [-0.2, -0.15) is 0 Å². The number of nitro groups is 2. The molecular weight excluding hydrogens is 278 g/mol. The molecule has 1 aliphatic rings. The third kappa shape index (κ3) is 3.15. The molecule has 1 N–H and O–H groups in total. The van der Waals surface area contributed by atoms with Crippen LogP contribution in [0.15, 0.2) is 12.1 Å².